The third kappa shape index (κ3) is 3.02. The quantitative estimate of drug-likeness (QED) is 0.682. The van der Waals surface area contributed by atoms with Crippen LogP contribution in [-0.4, -0.2) is 19.7 Å². The maximum atomic E-state index is 6.16. The van der Waals surface area contributed by atoms with Gasteiger partial charge in [-0.1, -0.05) is 46.9 Å². The highest BCUT2D eigenvalue weighted by Gasteiger charge is 2.14. The van der Waals surface area contributed by atoms with Gasteiger partial charge in [-0.15, -0.1) is 0 Å². The number of fused-ring (bicyclic) bond motifs is 1. The highest BCUT2D eigenvalue weighted by molar-refractivity contribution is 6.34. The molecule has 0 saturated heterocycles. The number of rotatable bonds is 4. The van der Waals surface area contributed by atoms with Crippen LogP contribution < -0.4 is 4.74 Å². The molecule has 0 saturated carbocycles. The average Bonchev–Trinajstić information content (AvgIpc) is 2.85. The first-order chi connectivity index (χ1) is 10.7. The van der Waals surface area contributed by atoms with Crippen LogP contribution >= 0.6 is 34.8 Å². The molecule has 2 aromatic heterocycles. The van der Waals surface area contributed by atoms with Gasteiger partial charge in [0.05, 0.1) is 24.0 Å². The number of allylic oxidation sites excluding steroid dienone is 1. The molecule has 112 valence electrons. The second-order valence-electron chi connectivity index (χ2n) is 4.27. The Balaban J connectivity index is 2.06. The van der Waals surface area contributed by atoms with Crippen molar-refractivity contribution < 1.29 is 4.74 Å². The Morgan fingerprint density at radius 3 is 2.68 bits per heavy atom. The summed E-state index contributed by atoms with van der Waals surface area (Å²) in [6.07, 6.45) is 4.68. The molecule has 0 atom stereocenters. The Bertz CT molecular complexity index is 830. The SMILES string of the molecule is Cl/C=C/Cn1nc(Cl)c2cccc(Oc3ncc(Cl)cn3)c21. The molecule has 22 heavy (non-hydrogen) atoms. The summed E-state index contributed by atoms with van der Waals surface area (Å²) in [5.41, 5.74) is 2.16. The van der Waals surface area contributed by atoms with Crippen LogP contribution in [0.3, 0.4) is 0 Å². The van der Waals surface area contributed by atoms with Gasteiger partial charge in [0.2, 0.25) is 0 Å². The van der Waals surface area contributed by atoms with Crippen LogP contribution in [0.1, 0.15) is 0 Å². The van der Waals surface area contributed by atoms with E-state index in [-0.39, 0.29) is 6.01 Å². The molecule has 8 heteroatoms. The summed E-state index contributed by atoms with van der Waals surface area (Å²) in [7, 11) is 0. The van der Waals surface area contributed by atoms with E-state index in [0.29, 0.717) is 22.5 Å². The van der Waals surface area contributed by atoms with E-state index in [9.17, 15) is 0 Å². The van der Waals surface area contributed by atoms with Crippen molar-refractivity contribution in [3.8, 4) is 11.8 Å². The number of halogens is 3. The Kier molecular flexibility index (Phi) is 4.47. The number of hydrogen-bond acceptors (Lipinski definition) is 4. The van der Waals surface area contributed by atoms with Crippen LogP contribution in [-0.2, 0) is 6.54 Å². The third-order valence-corrected chi connectivity index (χ3v) is 3.51. The van der Waals surface area contributed by atoms with E-state index in [1.54, 1.807) is 16.8 Å². The summed E-state index contributed by atoms with van der Waals surface area (Å²) in [6.45, 7) is 0.467. The van der Waals surface area contributed by atoms with Crippen molar-refractivity contribution >= 4 is 45.7 Å². The highest BCUT2D eigenvalue weighted by atomic mass is 35.5. The fraction of sp³-hybridized carbons (Fsp3) is 0.0714. The van der Waals surface area contributed by atoms with Crippen LogP contribution in [0.5, 0.6) is 11.8 Å². The molecular weight excluding hydrogens is 347 g/mol. The maximum absolute atomic E-state index is 6.16. The van der Waals surface area contributed by atoms with Crippen molar-refractivity contribution in [2.75, 3.05) is 0 Å². The number of ether oxygens (including phenoxy) is 1. The van der Waals surface area contributed by atoms with E-state index in [4.69, 9.17) is 39.5 Å². The second-order valence-corrected chi connectivity index (χ2v) is 5.32. The number of aromatic nitrogens is 4. The van der Waals surface area contributed by atoms with Crippen LogP contribution in [0.2, 0.25) is 10.2 Å². The number of para-hydroxylation sites is 1. The molecule has 1 aromatic carbocycles. The molecule has 0 aliphatic heterocycles. The number of benzene rings is 1. The predicted octanol–water partition coefficient (Wildman–Crippen LogP) is 4.68. The molecule has 0 N–H and O–H groups in total. The normalized spacial score (nSPS) is 11.4. The van der Waals surface area contributed by atoms with E-state index in [1.165, 1.54) is 17.9 Å². The lowest BCUT2D eigenvalue weighted by Crippen LogP contribution is -1.99. The molecule has 2 heterocycles. The Morgan fingerprint density at radius 1 is 1.18 bits per heavy atom. The summed E-state index contributed by atoms with van der Waals surface area (Å²) in [5, 5.41) is 5.87. The topological polar surface area (TPSA) is 52.8 Å². The summed E-state index contributed by atoms with van der Waals surface area (Å²) < 4.78 is 7.42. The van der Waals surface area contributed by atoms with E-state index in [2.05, 4.69) is 15.1 Å². The fourth-order valence-electron chi connectivity index (χ4n) is 1.97. The largest absolute Gasteiger partial charge is 0.422 e. The molecule has 0 bridgehead atoms. The van der Waals surface area contributed by atoms with Gasteiger partial charge in [0.15, 0.2) is 10.9 Å². The molecule has 3 aromatic rings. The Labute approximate surface area is 141 Å². The predicted molar refractivity (Wildman–Crippen MR) is 86.9 cm³/mol. The van der Waals surface area contributed by atoms with Crippen molar-refractivity contribution in [3.63, 3.8) is 0 Å². The third-order valence-electron chi connectivity index (χ3n) is 2.85. The van der Waals surface area contributed by atoms with Crippen molar-refractivity contribution in [1.29, 1.82) is 0 Å². The van der Waals surface area contributed by atoms with Gasteiger partial charge in [-0.25, -0.2) is 9.97 Å². The lowest BCUT2D eigenvalue weighted by Gasteiger charge is -2.07. The standard InChI is InChI=1S/C14H9Cl3N4O/c15-5-2-6-21-12-10(13(17)20-21)3-1-4-11(12)22-14-18-7-9(16)8-19-14/h1-5,7-8H,6H2/b5-2+. The summed E-state index contributed by atoms with van der Waals surface area (Å²) in [6, 6.07) is 5.66. The zero-order valence-corrected chi connectivity index (χ0v) is 13.3. The van der Waals surface area contributed by atoms with Crippen LogP contribution in [0, 0.1) is 0 Å². The van der Waals surface area contributed by atoms with E-state index >= 15 is 0 Å². The molecule has 0 unspecified atom stereocenters. The highest BCUT2D eigenvalue weighted by Crippen LogP contribution is 2.32. The van der Waals surface area contributed by atoms with E-state index < -0.39 is 0 Å². The van der Waals surface area contributed by atoms with Crippen molar-refractivity contribution in [2.45, 2.75) is 6.54 Å². The monoisotopic (exact) mass is 354 g/mol. The zero-order chi connectivity index (χ0) is 15.5. The first-order valence-electron chi connectivity index (χ1n) is 6.24. The van der Waals surface area contributed by atoms with Crippen LogP contribution in [0.15, 0.2) is 42.2 Å². The van der Waals surface area contributed by atoms with Gasteiger partial charge in [0.25, 0.3) is 0 Å². The van der Waals surface area contributed by atoms with Gasteiger partial charge < -0.3 is 4.74 Å². The molecule has 5 nitrogen and oxygen atoms in total. The Morgan fingerprint density at radius 2 is 1.95 bits per heavy atom. The first-order valence-corrected chi connectivity index (χ1v) is 7.44. The lowest BCUT2D eigenvalue weighted by atomic mass is 10.2. The van der Waals surface area contributed by atoms with Gasteiger partial charge in [0.1, 0.15) is 5.52 Å². The molecule has 0 spiro atoms. The summed E-state index contributed by atoms with van der Waals surface area (Å²) in [5.74, 6) is 0.544. The summed E-state index contributed by atoms with van der Waals surface area (Å²) in [4.78, 5) is 8.03. The van der Waals surface area contributed by atoms with Gasteiger partial charge >= 0.3 is 6.01 Å². The molecular formula is C14H9Cl3N4O. The fourth-order valence-corrected chi connectivity index (χ4v) is 2.39. The minimum Gasteiger partial charge on any atom is -0.422 e. The van der Waals surface area contributed by atoms with Crippen molar-refractivity contribution in [2.24, 2.45) is 0 Å². The summed E-state index contributed by atoms with van der Waals surface area (Å²) >= 11 is 17.5. The smallest absolute Gasteiger partial charge is 0.322 e. The van der Waals surface area contributed by atoms with E-state index in [1.807, 2.05) is 12.1 Å². The lowest BCUT2D eigenvalue weighted by molar-refractivity contribution is 0.443. The molecule has 0 radical (unpaired) electrons. The Hall–Kier alpha value is -1.82. The van der Waals surface area contributed by atoms with Crippen molar-refractivity contribution in [3.05, 3.63) is 52.4 Å². The molecule has 3 rings (SSSR count). The molecule has 0 aliphatic rings. The van der Waals surface area contributed by atoms with Gasteiger partial charge in [-0.05, 0) is 12.1 Å². The van der Waals surface area contributed by atoms with Crippen molar-refractivity contribution in [1.82, 2.24) is 19.7 Å². The van der Waals surface area contributed by atoms with Gasteiger partial charge in [0, 0.05) is 10.9 Å². The van der Waals surface area contributed by atoms with Gasteiger partial charge in [-0.2, -0.15) is 5.10 Å². The minimum absolute atomic E-state index is 0.189. The zero-order valence-electron chi connectivity index (χ0n) is 11.1. The maximum Gasteiger partial charge on any atom is 0.322 e. The molecule has 0 aliphatic carbocycles. The second kappa shape index (κ2) is 6.52. The number of hydrogen-bond donors (Lipinski definition) is 0. The first kappa shape index (κ1) is 15.1. The molecule has 0 fully saturated rings. The molecule has 0 amide bonds. The number of nitrogens with zero attached hydrogens (tertiary/aromatic N) is 4. The minimum atomic E-state index is 0.189. The van der Waals surface area contributed by atoms with Crippen LogP contribution in [0.4, 0.5) is 0 Å². The van der Waals surface area contributed by atoms with Crippen LogP contribution in [0.25, 0.3) is 10.9 Å². The van der Waals surface area contributed by atoms with Gasteiger partial charge in [-0.3, -0.25) is 4.68 Å². The van der Waals surface area contributed by atoms with E-state index in [0.717, 1.165) is 10.9 Å². The average molecular weight is 356 g/mol.